The Bertz CT molecular complexity index is 2890. The molecular formula is C53H65N7O9S. The summed E-state index contributed by atoms with van der Waals surface area (Å²) in [7, 11) is -4.71. The van der Waals surface area contributed by atoms with Crippen molar-refractivity contribution in [1.29, 1.82) is 0 Å². The van der Waals surface area contributed by atoms with E-state index in [0.717, 1.165) is 49.6 Å². The number of rotatable bonds is 13. The molecule has 70 heavy (non-hydrogen) atoms. The largest absolute Gasteiger partial charge is 0.489 e. The molecule has 16 nitrogen and oxygen atoms in total. The van der Waals surface area contributed by atoms with E-state index in [9.17, 15) is 28.4 Å². The highest BCUT2D eigenvalue weighted by Gasteiger charge is 2.50. The highest BCUT2D eigenvalue weighted by atomic mass is 32.2. The Morgan fingerprint density at radius 2 is 1.73 bits per heavy atom. The standard InChI is InChI=1S/C53H65N7O9S/c1-32(2)39-9-6-7-10-40(39)43-11-8-22-59(43)37-29-53(30-37)19-23-58(24-20-53)36-12-13-41(45(26-36)69-47-25-35-16-21-54-49(35)56-51(47)68-33(3)4)50(61)57-70(65,66)38-27-44(60(63)64)48-46(28-38)67-31-42(55-48)34-14-17-52(5,62)18-15-34/h6-7,9-10,12-13,16,21,25-28,32-34,37,42-43,55,62H,8,11,14-15,17-20,22-24,29-31H2,1-5H3,(H,54,56)(H,57,61)/t34-,42-,43+,52-/m1/s1. The molecule has 0 unspecified atom stereocenters. The van der Waals surface area contributed by atoms with Gasteiger partial charge < -0.3 is 34.5 Å². The van der Waals surface area contributed by atoms with Crippen molar-refractivity contribution in [3.63, 3.8) is 0 Å². The first-order valence-corrected chi connectivity index (χ1v) is 26.5. The Labute approximate surface area is 409 Å². The van der Waals surface area contributed by atoms with Crippen molar-refractivity contribution in [2.75, 3.05) is 36.5 Å². The average molecular weight is 976 g/mol. The predicted octanol–water partition coefficient (Wildman–Crippen LogP) is 9.99. The van der Waals surface area contributed by atoms with E-state index in [1.807, 2.05) is 32.9 Å². The molecule has 2 saturated carbocycles. The number of amides is 1. The molecule has 1 amide bonds. The Hall–Kier alpha value is -5.91. The number of anilines is 2. The third kappa shape index (κ3) is 9.51. The van der Waals surface area contributed by atoms with Gasteiger partial charge in [0.2, 0.25) is 0 Å². The molecule has 1 spiro atoms. The monoisotopic (exact) mass is 975 g/mol. The zero-order valence-electron chi connectivity index (χ0n) is 40.7. The fraction of sp³-hybridized carbons (Fsp3) is 0.509. The second-order valence-electron chi connectivity index (χ2n) is 21.3. The zero-order chi connectivity index (χ0) is 49.1. The zero-order valence-corrected chi connectivity index (χ0v) is 41.5. The molecule has 17 heteroatoms. The van der Waals surface area contributed by atoms with Crippen molar-refractivity contribution in [2.24, 2.45) is 11.3 Å². The number of pyridine rings is 1. The third-order valence-corrected chi connectivity index (χ3v) is 17.0. The smallest absolute Gasteiger partial charge is 0.297 e. The van der Waals surface area contributed by atoms with E-state index in [1.165, 1.54) is 42.9 Å². The van der Waals surface area contributed by atoms with Crippen molar-refractivity contribution in [3.8, 4) is 23.1 Å². The maximum absolute atomic E-state index is 14.3. The number of H-pyrrole nitrogens is 1. The molecule has 2 atom stereocenters. The number of hydrogen-bond acceptors (Lipinski definition) is 13. The third-order valence-electron chi connectivity index (χ3n) is 15.7. The number of sulfonamides is 1. The molecule has 3 aromatic carbocycles. The number of aromatic amines is 1. The minimum Gasteiger partial charge on any atom is -0.489 e. The molecule has 2 saturated heterocycles. The highest BCUT2D eigenvalue weighted by Crippen LogP contribution is 2.54. The summed E-state index contributed by atoms with van der Waals surface area (Å²) >= 11 is 0. The molecule has 0 bridgehead atoms. The fourth-order valence-corrected chi connectivity index (χ4v) is 12.8. The van der Waals surface area contributed by atoms with Gasteiger partial charge in [0.25, 0.3) is 27.5 Å². The van der Waals surface area contributed by atoms with Crippen LogP contribution in [0.15, 0.2) is 77.8 Å². The molecule has 4 fully saturated rings. The maximum Gasteiger partial charge on any atom is 0.297 e. The summed E-state index contributed by atoms with van der Waals surface area (Å²) < 4.78 is 49.1. The van der Waals surface area contributed by atoms with Gasteiger partial charge in [-0.2, -0.15) is 4.98 Å². The Morgan fingerprint density at radius 1 is 0.971 bits per heavy atom. The van der Waals surface area contributed by atoms with E-state index in [2.05, 4.69) is 67.9 Å². The molecule has 2 aliphatic carbocycles. The van der Waals surface area contributed by atoms with Crippen molar-refractivity contribution in [2.45, 2.75) is 139 Å². The van der Waals surface area contributed by atoms with Gasteiger partial charge in [-0.3, -0.25) is 19.8 Å². The van der Waals surface area contributed by atoms with Gasteiger partial charge in [0.1, 0.15) is 18.0 Å². The van der Waals surface area contributed by atoms with Gasteiger partial charge in [0.05, 0.1) is 33.1 Å². The van der Waals surface area contributed by atoms with Crippen LogP contribution in [0.25, 0.3) is 11.0 Å². The number of benzene rings is 3. The van der Waals surface area contributed by atoms with E-state index in [4.69, 9.17) is 14.2 Å². The number of aliphatic hydroxyl groups is 1. The Kier molecular flexibility index (Phi) is 12.7. The number of nitrogens with one attached hydrogen (secondary N) is 3. The van der Waals surface area contributed by atoms with Gasteiger partial charge in [0.15, 0.2) is 17.2 Å². The van der Waals surface area contributed by atoms with Gasteiger partial charge in [-0.05, 0) is 144 Å². The molecule has 10 rings (SSSR count). The summed E-state index contributed by atoms with van der Waals surface area (Å²) in [4.78, 5) is 38.5. The quantitative estimate of drug-likeness (QED) is 0.0642. The number of piperidine rings is 1. The van der Waals surface area contributed by atoms with Crippen LogP contribution >= 0.6 is 0 Å². The number of ether oxygens (including phenoxy) is 3. The van der Waals surface area contributed by atoms with Crippen LogP contribution in [0.2, 0.25) is 0 Å². The van der Waals surface area contributed by atoms with Crippen LogP contribution in [0.1, 0.15) is 132 Å². The number of aromatic nitrogens is 2. The number of nitro groups is 1. The molecule has 5 aliphatic rings. The molecule has 5 aromatic rings. The topological polar surface area (TPSA) is 201 Å². The van der Waals surface area contributed by atoms with Crippen LogP contribution in [0.4, 0.5) is 17.1 Å². The molecular weight excluding hydrogens is 911 g/mol. The lowest BCUT2D eigenvalue weighted by Crippen LogP contribution is -2.54. The predicted molar refractivity (Wildman–Crippen MR) is 268 cm³/mol. The first-order valence-electron chi connectivity index (χ1n) is 25.0. The molecule has 4 N–H and O–H groups in total. The minimum atomic E-state index is -4.71. The van der Waals surface area contributed by atoms with Gasteiger partial charge in [-0.25, -0.2) is 13.1 Å². The minimum absolute atomic E-state index is 0.00632. The van der Waals surface area contributed by atoms with E-state index in [0.29, 0.717) is 49.3 Å². The molecule has 2 aromatic heterocycles. The number of nitro benzene ring substituents is 1. The van der Waals surface area contributed by atoms with Crippen molar-refractivity contribution < 1.29 is 37.5 Å². The number of fused-ring (bicyclic) bond motifs is 2. The summed E-state index contributed by atoms with van der Waals surface area (Å²) in [5.41, 5.74) is 3.36. The maximum atomic E-state index is 14.3. The summed E-state index contributed by atoms with van der Waals surface area (Å²) in [6, 6.07) is 20.6. The molecule has 3 aliphatic heterocycles. The van der Waals surface area contributed by atoms with Crippen LogP contribution in [-0.4, -0.2) is 89.3 Å². The number of hydrogen-bond donors (Lipinski definition) is 4. The number of carbonyl (C=O) groups is 1. The molecule has 0 radical (unpaired) electrons. The summed E-state index contributed by atoms with van der Waals surface area (Å²) in [6.45, 7) is 13.0. The summed E-state index contributed by atoms with van der Waals surface area (Å²) in [5.74, 6) is 0.0839. The van der Waals surface area contributed by atoms with E-state index in [1.54, 1.807) is 24.4 Å². The van der Waals surface area contributed by atoms with Gasteiger partial charge in [-0.1, -0.05) is 38.1 Å². The van der Waals surface area contributed by atoms with Crippen LogP contribution in [-0.2, 0) is 10.0 Å². The number of carbonyl (C=O) groups excluding carboxylic acids is 1. The first-order chi connectivity index (χ1) is 33.4. The highest BCUT2D eigenvalue weighted by molar-refractivity contribution is 7.90. The second-order valence-corrected chi connectivity index (χ2v) is 23.0. The molecule has 372 valence electrons. The first kappa shape index (κ1) is 47.8. The van der Waals surface area contributed by atoms with Crippen LogP contribution in [0.5, 0.6) is 23.1 Å². The molecule has 5 heterocycles. The van der Waals surface area contributed by atoms with Crippen LogP contribution in [0, 0.1) is 21.4 Å². The average Bonchev–Trinajstić information content (AvgIpc) is 4.00. The van der Waals surface area contributed by atoms with Crippen molar-refractivity contribution >= 4 is 44.0 Å². The Balaban J connectivity index is 0.888. The summed E-state index contributed by atoms with van der Waals surface area (Å²) in [6.07, 6.45) is 10.9. The van der Waals surface area contributed by atoms with Crippen LogP contribution in [0.3, 0.4) is 0 Å². The number of likely N-dealkylation sites (tertiary alicyclic amines) is 1. The van der Waals surface area contributed by atoms with Crippen LogP contribution < -0.4 is 29.1 Å². The van der Waals surface area contributed by atoms with Gasteiger partial charge in [-0.15, -0.1) is 0 Å². The lowest BCUT2D eigenvalue weighted by atomic mass is 9.59. The lowest BCUT2D eigenvalue weighted by molar-refractivity contribution is -0.384. The fourth-order valence-electron chi connectivity index (χ4n) is 11.8. The summed E-state index contributed by atoms with van der Waals surface area (Å²) in [5, 5.41) is 26.9. The van der Waals surface area contributed by atoms with E-state index < -0.39 is 37.0 Å². The lowest BCUT2D eigenvalue weighted by Gasteiger charge is -2.56. The SMILES string of the molecule is CC(C)Oc1nc2[nH]ccc2cc1Oc1cc(N2CCC3(CC2)CC(N2CCC[C@H]2c2ccccc2C(C)C)C3)ccc1C(=O)NS(=O)(=O)c1cc2c(c([N+](=O)[O-])c1)N[C@@H]([C@H]1CC[C@](C)(O)CC1)CO2. The van der Waals surface area contributed by atoms with E-state index in [-0.39, 0.29) is 64.5 Å². The van der Waals surface area contributed by atoms with Crippen molar-refractivity contribution in [1.82, 2.24) is 19.6 Å². The Morgan fingerprint density at radius 3 is 2.46 bits per heavy atom. The second kappa shape index (κ2) is 18.7. The van der Waals surface area contributed by atoms with Gasteiger partial charge in [0, 0.05) is 60.6 Å². The van der Waals surface area contributed by atoms with E-state index >= 15 is 0 Å². The van der Waals surface area contributed by atoms with Crippen molar-refractivity contribution in [3.05, 3.63) is 99.7 Å². The number of nitrogens with zero attached hydrogens (tertiary/aromatic N) is 4. The van der Waals surface area contributed by atoms with Gasteiger partial charge >= 0.3 is 0 Å². The normalized spacial score (nSPS) is 23.7.